The molecule has 0 aliphatic heterocycles. The van der Waals surface area contributed by atoms with Crippen LogP contribution in [0.2, 0.25) is 0 Å². The number of nitrogens with zero attached hydrogens (tertiary/aromatic N) is 2. The van der Waals surface area contributed by atoms with E-state index in [2.05, 4.69) is 5.16 Å². The van der Waals surface area contributed by atoms with Gasteiger partial charge < -0.3 is 9.63 Å². The molecule has 1 aromatic heterocycles. The Hall–Kier alpha value is -1.93. The number of hydrogen-bond donors (Lipinski definition) is 1. The number of sulfonamides is 1. The van der Waals surface area contributed by atoms with Gasteiger partial charge in [-0.25, -0.2) is 12.8 Å². The number of benzene rings is 1. The Kier molecular flexibility index (Phi) is 4.29. The molecule has 0 aliphatic carbocycles. The molecule has 21 heavy (non-hydrogen) atoms. The van der Waals surface area contributed by atoms with Crippen LogP contribution in [-0.2, 0) is 10.0 Å². The molecule has 0 radical (unpaired) electrons. The maximum absolute atomic E-state index is 13.3. The van der Waals surface area contributed by atoms with Crippen LogP contribution in [0.3, 0.4) is 0 Å². The van der Waals surface area contributed by atoms with Gasteiger partial charge in [-0.05, 0) is 32.0 Å². The highest BCUT2D eigenvalue weighted by Gasteiger charge is 2.31. The number of aliphatic hydroxyl groups is 1. The molecule has 0 aliphatic rings. The summed E-state index contributed by atoms with van der Waals surface area (Å²) in [6, 6.07) is 5.15. The van der Waals surface area contributed by atoms with E-state index in [4.69, 9.17) is 9.63 Å². The van der Waals surface area contributed by atoms with Crippen molar-refractivity contribution in [2.75, 3.05) is 17.5 Å². The van der Waals surface area contributed by atoms with Gasteiger partial charge in [0.05, 0.1) is 18.8 Å². The summed E-state index contributed by atoms with van der Waals surface area (Å²) in [5.74, 6) is -0.420. The van der Waals surface area contributed by atoms with Crippen LogP contribution in [0.5, 0.6) is 0 Å². The van der Waals surface area contributed by atoms with E-state index in [9.17, 15) is 12.8 Å². The zero-order valence-electron chi connectivity index (χ0n) is 11.6. The van der Waals surface area contributed by atoms with Crippen molar-refractivity contribution >= 4 is 15.7 Å². The molecule has 6 nitrogen and oxygen atoms in total. The molecule has 114 valence electrons. The van der Waals surface area contributed by atoms with Gasteiger partial charge >= 0.3 is 0 Å². The second-order valence-corrected chi connectivity index (χ2v) is 6.23. The van der Waals surface area contributed by atoms with Gasteiger partial charge in [-0.1, -0.05) is 11.2 Å². The lowest BCUT2D eigenvalue weighted by Gasteiger charge is -2.23. The molecule has 1 N–H and O–H groups in total. The fourth-order valence-corrected chi connectivity index (χ4v) is 3.81. The third kappa shape index (κ3) is 2.91. The van der Waals surface area contributed by atoms with E-state index < -0.39 is 22.4 Å². The van der Waals surface area contributed by atoms with E-state index in [1.807, 2.05) is 0 Å². The molecule has 0 fully saturated rings. The second-order valence-electron chi connectivity index (χ2n) is 4.43. The standard InChI is InChI=1S/C13H15FN2O4S/c1-9-13(10(2)20-15-9)21(18,19)16(6-7-17)12-5-3-4-11(14)8-12/h3-5,8,17H,6-7H2,1-2H3. The first-order valence-electron chi connectivity index (χ1n) is 6.20. The van der Waals surface area contributed by atoms with Crippen LogP contribution in [0.25, 0.3) is 0 Å². The van der Waals surface area contributed by atoms with Gasteiger partial charge in [0.15, 0.2) is 10.7 Å². The third-order valence-corrected chi connectivity index (χ3v) is 4.99. The highest BCUT2D eigenvalue weighted by Crippen LogP contribution is 2.27. The van der Waals surface area contributed by atoms with E-state index >= 15 is 0 Å². The van der Waals surface area contributed by atoms with Gasteiger partial charge in [0.1, 0.15) is 11.5 Å². The van der Waals surface area contributed by atoms with Crippen LogP contribution in [0, 0.1) is 19.7 Å². The topological polar surface area (TPSA) is 83.6 Å². The minimum absolute atomic E-state index is 0.0692. The van der Waals surface area contributed by atoms with Crippen LogP contribution in [0.1, 0.15) is 11.5 Å². The first-order chi connectivity index (χ1) is 9.87. The second kappa shape index (κ2) is 5.82. The Morgan fingerprint density at radius 2 is 2.10 bits per heavy atom. The lowest BCUT2D eigenvalue weighted by Crippen LogP contribution is -2.34. The van der Waals surface area contributed by atoms with Crippen molar-refractivity contribution in [1.29, 1.82) is 0 Å². The molecule has 0 spiro atoms. The van der Waals surface area contributed by atoms with Crippen LogP contribution in [-0.4, -0.2) is 31.8 Å². The Labute approximate surface area is 121 Å². The molecular formula is C13H15FN2O4S. The summed E-state index contributed by atoms with van der Waals surface area (Å²) in [6.07, 6.45) is 0. The zero-order chi connectivity index (χ0) is 15.6. The molecule has 0 saturated heterocycles. The summed E-state index contributed by atoms with van der Waals surface area (Å²) < 4.78 is 44.6. The summed E-state index contributed by atoms with van der Waals surface area (Å²) in [5.41, 5.74) is 0.343. The van der Waals surface area contributed by atoms with Crippen LogP contribution < -0.4 is 4.31 Å². The van der Waals surface area contributed by atoms with Gasteiger partial charge in [0.25, 0.3) is 10.0 Å². The SMILES string of the molecule is Cc1noc(C)c1S(=O)(=O)N(CCO)c1cccc(F)c1. The van der Waals surface area contributed by atoms with E-state index in [0.29, 0.717) is 0 Å². The number of aromatic nitrogens is 1. The molecular weight excluding hydrogens is 299 g/mol. The van der Waals surface area contributed by atoms with E-state index in [0.717, 1.165) is 10.4 Å². The predicted octanol–water partition coefficient (Wildman–Crippen LogP) is 1.62. The zero-order valence-corrected chi connectivity index (χ0v) is 12.4. The maximum atomic E-state index is 13.3. The quantitative estimate of drug-likeness (QED) is 0.906. The van der Waals surface area contributed by atoms with Gasteiger partial charge in [-0.15, -0.1) is 0 Å². The highest BCUT2D eigenvalue weighted by atomic mass is 32.2. The maximum Gasteiger partial charge on any atom is 0.269 e. The number of anilines is 1. The average Bonchev–Trinajstić information content (AvgIpc) is 2.75. The van der Waals surface area contributed by atoms with Crippen LogP contribution in [0.15, 0.2) is 33.7 Å². The highest BCUT2D eigenvalue weighted by molar-refractivity contribution is 7.93. The minimum atomic E-state index is -4.00. The van der Waals surface area contributed by atoms with E-state index in [1.165, 1.54) is 32.0 Å². The number of hydrogen-bond acceptors (Lipinski definition) is 5. The molecule has 2 rings (SSSR count). The molecule has 1 aromatic carbocycles. The fourth-order valence-electron chi connectivity index (χ4n) is 2.06. The van der Waals surface area contributed by atoms with Crippen molar-refractivity contribution in [2.24, 2.45) is 0 Å². The van der Waals surface area contributed by atoms with Crippen molar-refractivity contribution < 1.29 is 22.4 Å². The molecule has 0 atom stereocenters. The molecule has 0 saturated carbocycles. The minimum Gasteiger partial charge on any atom is -0.394 e. The molecule has 2 aromatic rings. The van der Waals surface area contributed by atoms with Crippen LogP contribution >= 0.6 is 0 Å². The summed E-state index contributed by atoms with van der Waals surface area (Å²) in [6.45, 7) is 2.39. The van der Waals surface area contributed by atoms with Crippen molar-refractivity contribution in [3.63, 3.8) is 0 Å². The summed E-state index contributed by atoms with van der Waals surface area (Å²) >= 11 is 0. The number of aliphatic hydroxyl groups excluding tert-OH is 1. The van der Waals surface area contributed by atoms with Gasteiger partial charge in [-0.3, -0.25) is 4.31 Å². The molecule has 1 heterocycles. The normalized spacial score (nSPS) is 11.6. The summed E-state index contributed by atoms with van der Waals surface area (Å²) in [5, 5.41) is 12.7. The number of aryl methyl sites for hydroxylation is 2. The fraction of sp³-hybridized carbons (Fsp3) is 0.308. The Balaban J connectivity index is 2.57. The smallest absolute Gasteiger partial charge is 0.269 e. The third-order valence-electron chi connectivity index (χ3n) is 2.92. The largest absolute Gasteiger partial charge is 0.394 e. The summed E-state index contributed by atoms with van der Waals surface area (Å²) in [7, 11) is -4.00. The van der Waals surface area contributed by atoms with E-state index in [1.54, 1.807) is 0 Å². The average molecular weight is 314 g/mol. The molecule has 8 heteroatoms. The molecule has 0 amide bonds. The Bertz CT molecular complexity index is 723. The van der Waals surface area contributed by atoms with Crippen molar-refractivity contribution in [3.8, 4) is 0 Å². The Morgan fingerprint density at radius 1 is 1.38 bits per heavy atom. The van der Waals surface area contributed by atoms with Crippen molar-refractivity contribution in [1.82, 2.24) is 5.16 Å². The monoisotopic (exact) mass is 314 g/mol. The van der Waals surface area contributed by atoms with Crippen molar-refractivity contribution in [3.05, 3.63) is 41.5 Å². The number of halogens is 1. The first kappa shape index (κ1) is 15.5. The van der Waals surface area contributed by atoms with Gasteiger partial charge in [0, 0.05) is 0 Å². The van der Waals surface area contributed by atoms with Crippen molar-refractivity contribution in [2.45, 2.75) is 18.7 Å². The lowest BCUT2D eigenvalue weighted by molar-refractivity contribution is 0.306. The first-order valence-corrected chi connectivity index (χ1v) is 7.64. The molecule has 0 bridgehead atoms. The predicted molar refractivity (Wildman–Crippen MR) is 74.0 cm³/mol. The molecule has 0 unspecified atom stereocenters. The van der Waals surface area contributed by atoms with E-state index in [-0.39, 0.29) is 28.6 Å². The van der Waals surface area contributed by atoms with Gasteiger partial charge in [-0.2, -0.15) is 0 Å². The lowest BCUT2D eigenvalue weighted by atomic mass is 10.3. The number of rotatable bonds is 5. The van der Waals surface area contributed by atoms with Crippen LogP contribution in [0.4, 0.5) is 10.1 Å². The van der Waals surface area contributed by atoms with Gasteiger partial charge in [0.2, 0.25) is 0 Å². The summed E-state index contributed by atoms with van der Waals surface area (Å²) in [4.78, 5) is -0.0692. The Morgan fingerprint density at radius 3 is 2.62 bits per heavy atom.